The molecule has 0 saturated heterocycles. The molecule has 0 unspecified atom stereocenters. The first-order chi connectivity index (χ1) is 11.6. The van der Waals surface area contributed by atoms with Gasteiger partial charge in [0.1, 0.15) is 5.00 Å². The molecule has 1 aliphatic rings. The molecule has 0 fully saturated rings. The molecule has 1 heterocycles. The lowest BCUT2D eigenvalue weighted by atomic mass is 9.96. The summed E-state index contributed by atoms with van der Waals surface area (Å²) in [7, 11) is 0. The topological polar surface area (TPSA) is 72.2 Å². The number of thiophene rings is 1. The number of hydrogen-bond donors (Lipinski definition) is 2. The molecule has 0 bridgehead atoms. The Labute approximate surface area is 146 Å². The van der Waals surface area contributed by atoms with E-state index in [1.54, 1.807) is 0 Å². The highest BCUT2D eigenvalue weighted by Crippen LogP contribution is 2.36. The lowest BCUT2D eigenvalue weighted by Gasteiger charge is -2.10. The Bertz CT molecular complexity index is 737. The first-order valence-electron chi connectivity index (χ1n) is 8.43. The Morgan fingerprint density at radius 1 is 1.04 bits per heavy atom. The maximum absolute atomic E-state index is 12.3. The van der Waals surface area contributed by atoms with E-state index in [0.717, 1.165) is 36.8 Å². The first kappa shape index (κ1) is 16.7. The van der Waals surface area contributed by atoms with E-state index in [2.05, 4.69) is 5.32 Å². The van der Waals surface area contributed by atoms with Crippen molar-refractivity contribution in [2.45, 2.75) is 44.9 Å². The first-order valence-corrected chi connectivity index (χ1v) is 9.25. The smallest absolute Gasteiger partial charge is 0.251 e. The zero-order valence-electron chi connectivity index (χ0n) is 13.6. The molecule has 1 aromatic carbocycles. The minimum absolute atomic E-state index is 0.113. The SMILES string of the molecule is NC(=O)c1c(NC(=O)Cc2ccccc2)sc2c1CCCCCC2. The van der Waals surface area contributed by atoms with Crippen LogP contribution in [-0.4, -0.2) is 11.8 Å². The van der Waals surface area contributed by atoms with Crippen LogP contribution in [0.2, 0.25) is 0 Å². The van der Waals surface area contributed by atoms with Crippen LogP contribution in [0.4, 0.5) is 5.00 Å². The molecule has 3 N–H and O–H groups in total. The van der Waals surface area contributed by atoms with Gasteiger partial charge < -0.3 is 11.1 Å². The number of nitrogens with one attached hydrogen (secondary N) is 1. The second-order valence-corrected chi connectivity index (χ2v) is 7.30. The second-order valence-electron chi connectivity index (χ2n) is 6.20. The quantitative estimate of drug-likeness (QED) is 0.889. The Hall–Kier alpha value is -2.14. The van der Waals surface area contributed by atoms with Crippen LogP contribution in [0, 0.1) is 0 Å². The Balaban J connectivity index is 1.83. The predicted octanol–water partition coefficient (Wildman–Crippen LogP) is 3.69. The third kappa shape index (κ3) is 3.85. The number of fused-ring (bicyclic) bond motifs is 1. The van der Waals surface area contributed by atoms with Gasteiger partial charge in [-0.3, -0.25) is 9.59 Å². The summed E-state index contributed by atoms with van der Waals surface area (Å²) in [5.74, 6) is -0.555. The number of anilines is 1. The van der Waals surface area contributed by atoms with Crippen LogP contribution in [0.15, 0.2) is 30.3 Å². The number of hydrogen-bond acceptors (Lipinski definition) is 3. The van der Waals surface area contributed by atoms with Crippen molar-refractivity contribution in [1.82, 2.24) is 0 Å². The molecular weight excluding hydrogens is 320 g/mol. The molecule has 1 aromatic heterocycles. The van der Waals surface area contributed by atoms with E-state index in [1.165, 1.54) is 29.1 Å². The minimum Gasteiger partial charge on any atom is -0.365 e. The van der Waals surface area contributed by atoms with Crippen molar-refractivity contribution < 1.29 is 9.59 Å². The normalized spacial score (nSPS) is 14.3. The standard InChI is InChI=1S/C19H22N2O2S/c20-18(23)17-14-10-6-1-2-7-11-15(14)24-19(17)21-16(22)12-13-8-4-3-5-9-13/h3-5,8-9H,1-2,6-7,10-12H2,(H2,20,23)(H,21,22). The van der Waals surface area contributed by atoms with Gasteiger partial charge in [-0.1, -0.05) is 43.2 Å². The van der Waals surface area contributed by atoms with Gasteiger partial charge in [-0.25, -0.2) is 0 Å². The van der Waals surface area contributed by atoms with Crippen LogP contribution >= 0.6 is 11.3 Å². The fourth-order valence-electron chi connectivity index (χ4n) is 3.22. The van der Waals surface area contributed by atoms with E-state index in [4.69, 9.17) is 5.73 Å². The van der Waals surface area contributed by atoms with Gasteiger partial charge in [0.2, 0.25) is 5.91 Å². The molecule has 2 aromatic rings. The zero-order chi connectivity index (χ0) is 16.9. The number of amides is 2. The molecular formula is C19H22N2O2S. The summed E-state index contributed by atoms with van der Waals surface area (Å²) in [6, 6.07) is 9.58. The number of nitrogens with two attached hydrogens (primary N) is 1. The van der Waals surface area contributed by atoms with Crippen LogP contribution in [0.25, 0.3) is 0 Å². The largest absolute Gasteiger partial charge is 0.365 e. The third-order valence-electron chi connectivity index (χ3n) is 4.38. The van der Waals surface area contributed by atoms with Crippen molar-refractivity contribution in [1.29, 1.82) is 0 Å². The molecule has 0 radical (unpaired) electrons. The van der Waals surface area contributed by atoms with E-state index in [9.17, 15) is 9.59 Å². The number of carbonyl (C=O) groups is 2. The van der Waals surface area contributed by atoms with Crippen LogP contribution in [-0.2, 0) is 24.1 Å². The summed E-state index contributed by atoms with van der Waals surface area (Å²) in [6.45, 7) is 0. The van der Waals surface area contributed by atoms with Gasteiger partial charge in [0.25, 0.3) is 5.91 Å². The monoisotopic (exact) mass is 342 g/mol. The summed E-state index contributed by atoms with van der Waals surface area (Å²) in [6.07, 6.45) is 6.74. The lowest BCUT2D eigenvalue weighted by molar-refractivity contribution is -0.115. The molecule has 5 heteroatoms. The fourth-order valence-corrected chi connectivity index (χ4v) is 4.53. The molecule has 0 spiro atoms. The van der Waals surface area contributed by atoms with E-state index >= 15 is 0 Å². The predicted molar refractivity (Wildman–Crippen MR) is 97.5 cm³/mol. The van der Waals surface area contributed by atoms with Crippen molar-refractivity contribution in [2.24, 2.45) is 5.73 Å². The summed E-state index contributed by atoms with van der Waals surface area (Å²) < 4.78 is 0. The van der Waals surface area contributed by atoms with E-state index in [-0.39, 0.29) is 5.91 Å². The van der Waals surface area contributed by atoms with Crippen molar-refractivity contribution >= 4 is 28.2 Å². The van der Waals surface area contributed by atoms with Gasteiger partial charge >= 0.3 is 0 Å². The van der Waals surface area contributed by atoms with Gasteiger partial charge in [-0.2, -0.15) is 0 Å². The van der Waals surface area contributed by atoms with Crippen LogP contribution < -0.4 is 11.1 Å². The Kier molecular flexibility index (Phi) is 5.30. The molecule has 0 aliphatic heterocycles. The van der Waals surface area contributed by atoms with E-state index < -0.39 is 5.91 Å². The van der Waals surface area contributed by atoms with Crippen molar-refractivity contribution in [3.05, 3.63) is 51.9 Å². The lowest BCUT2D eigenvalue weighted by Crippen LogP contribution is -2.19. The highest BCUT2D eigenvalue weighted by molar-refractivity contribution is 7.17. The van der Waals surface area contributed by atoms with Crippen molar-refractivity contribution in [2.75, 3.05) is 5.32 Å². The highest BCUT2D eigenvalue weighted by atomic mass is 32.1. The maximum atomic E-state index is 12.3. The third-order valence-corrected chi connectivity index (χ3v) is 5.59. The number of aryl methyl sites for hydroxylation is 1. The summed E-state index contributed by atoms with van der Waals surface area (Å²) in [5, 5.41) is 3.54. The van der Waals surface area contributed by atoms with Gasteiger partial charge in [0.05, 0.1) is 12.0 Å². The van der Waals surface area contributed by atoms with Crippen molar-refractivity contribution in [3.8, 4) is 0 Å². The number of primary amides is 1. The second kappa shape index (κ2) is 7.62. The zero-order valence-corrected chi connectivity index (χ0v) is 14.5. The Morgan fingerprint density at radius 2 is 1.75 bits per heavy atom. The minimum atomic E-state index is -0.442. The summed E-state index contributed by atoms with van der Waals surface area (Å²) in [5.41, 5.74) is 8.15. The van der Waals surface area contributed by atoms with E-state index in [0.29, 0.717) is 17.0 Å². The average molecular weight is 342 g/mol. The average Bonchev–Trinajstić information content (AvgIpc) is 2.85. The molecule has 126 valence electrons. The number of benzene rings is 1. The van der Waals surface area contributed by atoms with Crippen molar-refractivity contribution in [3.63, 3.8) is 0 Å². The highest BCUT2D eigenvalue weighted by Gasteiger charge is 2.23. The summed E-state index contributed by atoms with van der Waals surface area (Å²) >= 11 is 1.52. The number of rotatable bonds is 4. The van der Waals surface area contributed by atoms with E-state index in [1.807, 2.05) is 30.3 Å². The Morgan fingerprint density at radius 3 is 2.46 bits per heavy atom. The summed E-state index contributed by atoms with van der Waals surface area (Å²) in [4.78, 5) is 25.5. The van der Waals surface area contributed by atoms with Crippen LogP contribution in [0.3, 0.4) is 0 Å². The molecule has 4 nitrogen and oxygen atoms in total. The fraction of sp³-hybridized carbons (Fsp3) is 0.368. The molecule has 1 aliphatic carbocycles. The van der Waals surface area contributed by atoms with Gasteiger partial charge in [0, 0.05) is 4.88 Å². The molecule has 24 heavy (non-hydrogen) atoms. The van der Waals surface area contributed by atoms with Gasteiger partial charge in [0.15, 0.2) is 0 Å². The van der Waals surface area contributed by atoms with Gasteiger partial charge in [-0.05, 0) is 36.8 Å². The van der Waals surface area contributed by atoms with Crippen LogP contribution in [0.1, 0.15) is 52.0 Å². The van der Waals surface area contributed by atoms with Gasteiger partial charge in [-0.15, -0.1) is 11.3 Å². The number of carbonyl (C=O) groups excluding carboxylic acids is 2. The van der Waals surface area contributed by atoms with Crippen LogP contribution in [0.5, 0.6) is 0 Å². The molecule has 3 rings (SSSR count). The molecule has 0 saturated carbocycles. The molecule has 0 atom stereocenters. The maximum Gasteiger partial charge on any atom is 0.251 e. The molecule has 2 amide bonds.